The normalized spacial score (nSPS) is 22.2. The smallest absolute Gasteiger partial charge is 0.320 e. The molecule has 0 spiro atoms. The van der Waals surface area contributed by atoms with Gasteiger partial charge in [0.05, 0.1) is 0 Å². The Hall–Kier alpha value is -0.280. The molecule has 0 amide bonds. The van der Waals surface area contributed by atoms with Gasteiger partial charge >= 0.3 is 5.97 Å². The number of aliphatic carboxylic acids is 1. The summed E-state index contributed by atoms with van der Waals surface area (Å²) in [4.78, 5) is 10.1. The van der Waals surface area contributed by atoms with Gasteiger partial charge in [0.1, 0.15) is 6.04 Å². The highest BCUT2D eigenvalue weighted by atomic mass is 35.5. The van der Waals surface area contributed by atoms with E-state index in [0.29, 0.717) is 0 Å². The molecule has 11 heavy (non-hydrogen) atoms. The van der Waals surface area contributed by atoms with Crippen LogP contribution >= 0.6 is 11.6 Å². The van der Waals surface area contributed by atoms with Crippen molar-refractivity contribution in [2.75, 3.05) is 12.4 Å². The summed E-state index contributed by atoms with van der Waals surface area (Å²) in [6.07, 6.45) is 1.78. The largest absolute Gasteiger partial charge is 0.480 e. The third-order valence-electron chi connectivity index (χ3n) is 1.36. The molecule has 0 aliphatic carbocycles. The molecule has 0 bridgehead atoms. The molecule has 0 aromatic heterocycles. The molecule has 0 aromatic rings. The Labute approximate surface area is 71.7 Å². The third kappa shape index (κ3) is 5.04. The van der Waals surface area contributed by atoms with Crippen molar-refractivity contribution in [3.63, 3.8) is 0 Å². The molecular formula is C7H14ClNO2. The van der Waals surface area contributed by atoms with Gasteiger partial charge in [0.15, 0.2) is 0 Å². The van der Waals surface area contributed by atoms with Gasteiger partial charge < -0.3 is 10.4 Å². The van der Waals surface area contributed by atoms with Crippen LogP contribution in [0.15, 0.2) is 0 Å². The van der Waals surface area contributed by atoms with Crippen molar-refractivity contribution in [3.8, 4) is 0 Å². The number of nitrogens with one attached hydrogen (secondary N) is 1. The number of hydrogen-bond acceptors (Lipinski definition) is 2. The van der Waals surface area contributed by atoms with Crippen molar-refractivity contribution in [2.24, 2.45) is 0 Å². The fourth-order valence-electron chi connectivity index (χ4n) is 0.895. The molecular weight excluding hydrogens is 166 g/mol. The van der Waals surface area contributed by atoms with Crippen LogP contribution in [0.1, 0.15) is 19.8 Å². The van der Waals surface area contributed by atoms with Gasteiger partial charge in [0.25, 0.3) is 0 Å². The molecule has 1 saturated heterocycles. The van der Waals surface area contributed by atoms with E-state index in [1.54, 1.807) is 0 Å². The first kappa shape index (κ1) is 10.7. The lowest BCUT2D eigenvalue weighted by Gasteiger charge is -1.99. The summed E-state index contributed by atoms with van der Waals surface area (Å²) in [5.74, 6) is 0.00231. The molecule has 1 atom stereocenters. The van der Waals surface area contributed by atoms with E-state index in [9.17, 15) is 4.79 Å². The summed E-state index contributed by atoms with van der Waals surface area (Å²) in [5.41, 5.74) is 0. The van der Waals surface area contributed by atoms with Gasteiger partial charge in [-0.3, -0.25) is 4.79 Å². The lowest BCUT2D eigenvalue weighted by atomic mass is 10.2. The van der Waals surface area contributed by atoms with Gasteiger partial charge in [0.2, 0.25) is 0 Å². The lowest BCUT2D eigenvalue weighted by molar-refractivity contribution is -0.139. The van der Waals surface area contributed by atoms with E-state index in [1.165, 1.54) is 0 Å². The first-order valence-electron chi connectivity index (χ1n) is 3.74. The minimum Gasteiger partial charge on any atom is -0.480 e. The second kappa shape index (κ2) is 6.43. The van der Waals surface area contributed by atoms with E-state index in [-0.39, 0.29) is 6.04 Å². The molecule has 4 heteroatoms. The molecule has 2 N–H and O–H groups in total. The molecule has 1 aliphatic rings. The van der Waals surface area contributed by atoms with Crippen LogP contribution < -0.4 is 5.32 Å². The first-order chi connectivity index (χ1) is 5.22. The maximum Gasteiger partial charge on any atom is 0.320 e. The fourth-order valence-corrected chi connectivity index (χ4v) is 0.895. The van der Waals surface area contributed by atoms with Crippen molar-refractivity contribution in [2.45, 2.75) is 25.8 Å². The van der Waals surface area contributed by atoms with E-state index in [1.807, 2.05) is 6.92 Å². The summed E-state index contributed by atoms with van der Waals surface area (Å²) in [6, 6.07) is -0.269. The van der Waals surface area contributed by atoms with Crippen LogP contribution in [0.4, 0.5) is 0 Å². The molecule has 1 fully saturated rings. The number of carboxylic acid groups (broad SMARTS) is 1. The Morgan fingerprint density at radius 1 is 1.82 bits per heavy atom. The van der Waals surface area contributed by atoms with Gasteiger partial charge in [-0.2, -0.15) is 0 Å². The zero-order valence-electron chi connectivity index (χ0n) is 6.64. The van der Waals surface area contributed by atoms with E-state index >= 15 is 0 Å². The molecule has 3 nitrogen and oxygen atoms in total. The second-order valence-corrected chi connectivity index (χ2v) is 2.79. The van der Waals surface area contributed by atoms with Crippen LogP contribution in [0.5, 0.6) is 0 Å². The van der Waals surface area contributed by atoms with E-state index < -0.39 is 5.97 Å². The van der Waals surface area contributed by atoms with Crippen LogP contribution in [-0.2, 0) is 4.79 Å². The van der Waals surface area contributed by atoms with Crippen LogP contribution in [0, 0.1) is 0 Å². The Bertz CT molecular complexity index is 113. The van der Waals surface area contributed by atoms with Crippen molar-refractivity contribution < 1.29 is 9.90 Å². The number of carboxylic acids is 1. The van der Waals surface area contributed by atoms with Crippen LogP contribution in [-0.4, -0.2) is 29.5 Å². The van der Waals surface area contributed by atoms with Gasteiger partial charge in [-0.1, -0.05) is 6.92 Å². The minimum absolute atomic E-state index is 0.269. The summed E-state index contributed by atoms with van der Waals surface area (Å²) < 4.78 is 0. The Balaban J connectivity index is 0.000000292. The number of hydrogen-bond donors (Lipinski definition) is 2. The molecule has 1 rings (SSSR count). The molecule has 0 radical (unpaired) electrons. The fraction of sp³-hybridized carbons (Fsp3) is 0.857. The van der Waals surface area contributed by atoms with Crippen molar-refractivity contribution >= 4 is 17.6 Å². The Morgan fingerprint density at radius 3 is 2.55 bits per heavy atom. The predicted molar refractivity (Wildman–Crippen MR) is 45.1 cm³/mol. The summed E-state index contributed by atoms with van der Waals surface area (Å²) >= 11 is 5.00. The van der Waals surface area contributed by atoms with Crippen molar-refractivity contribution in [1.82, 2.24) is 5.32 Å². The van der Waals surface area contributed by atoms with Gasteiger partial charge in [0, 0.05) is 5.88 Å². The van der Waals surface area contributed by atoms with Crippen LogP contribution in [0.3, 0.4) is 0 Å². The van der Waals surface area contributed by atoms with Crippen molar-refractivity contribution in [1.29, 1.82) is 0 Å². The molecule has 1 unspecified atom stereocenters. The highest BCUT2D eigenvalue weighted by Crippen LogP contribution is 2.03. The van der Waals surface area contributed by atoms with Gasteiger partial charge in [-0.15, -0.1) is 11.6 Å². The zero-order valence-corrected chi connectivity index (χ0v) is 7.40. The maximum atomic E-state index is 10.1. The summed E-state index contributed by atoms with van der Waals surface area (Å²) in [6.45, 7) is 2.75. The summed E-state index contributed by atoms with van der Waals surface area (Å²) in [7, 11) is 0. The van der Waals surface area contributed by atoms with E-state index in [4.69, 9.17) is 16.7 Å². The first-order valence-corrected chi connectivity index (χ1v) is 4.28. The Kier molecular flexibility index (Phi) is 6.27. The minimum atomic E-state index is -0.720. The average Bonchev–Trinajstić information content (AvgIpc) is 2.38. The predicted octanol–water partition coefficient (Wildman–Crippen LogP) is 1.07. The number of halogens is 1. The van der Waals surface area contributed by atoms with E-state index in [2.05, 4.69) is 5.32 Å². The molecule has 66 valence electrons. The van der Waals surface area contributed by atoms with Gasteiger partial charge in [-0.25, -0.2) is 0 Å². The number of carbonyl (C=O) groups is 1. The van der Waals surface area contributed by atoms with Gasteiger partial charge in [-0.05, 0) is 19.4 Å². The molecule has 1 aliphatic heterocycles. The average molecular weight is 180 g/mol. The highest BCUT2D eigenvalue weighted by Gasteiger charge is 2.20. The SMILES string of the molecule is CCCl.O=C(O)C1CCCN1. The molecule has 1 heterocycles. The van der Waals surface area contributed by atoms with Crippen molar-refractivity contribution in [3.05, 3.63) is 0 Å². The number of rotatable bonds is 1. The monoisotopic (exact) mass is 179 g/mol. The molecule has 0 aromatic carbocycles. The second-order valence-electron chi connectivity index (χ2n) is 2.25. The van der Waals surface area contributed by atoms with Crippen LogP contribution in [0.2, 0.25) is 0 Å². The topological polar surface area (TPSA) is 49.3 Å². The highest BCUT2D eigenvalue weighted by molar-refractivity contribution is 6.17. The van der Waals surface area contributed by atoms with Crippen LogP contribution in [0.25, 0.3) is 0 Å². The quantitative estimate of drug-likeness (QED) is 0.592. The maximum absolute atomic E-state index is 10.1. The Morgan fingerprint density at radius 2 is 2.36 bits per heavy atom. The third-order valence-corrected chi connectivity index (χ3v) is 1.36. The zero-order chi connectivity index (χ0) is 8.69. The van der Waals surface area contributed by atoms with E-state index in [0.717, 1.165) is 25.3 Å². The molecule has 0 saturated carbocycles. The number of alkyl halides is 1. The standard InChI is InChI=1S/C5H9NO2.C2H5Cl/c7-5(8)4-2-1-3-6-4;1-2-3/h4,6H,1-3H2,(H,7,8);2H2,1H3. The summed E-state index contributed by atoms with van der Waals surface area (Å²) in [5, 5.41) is 11.2. The lowest BCUT2D eigenvalue weighted by Crippen LogP contribution is -2.29.